The average molecular weight is 158 g/mol. The molecule has 1 heterocycles. The van der Waals surface area contributed by atoms with Gasteiger partial charge >= 0.3 is 0 Å². The first kappa shape index (κ1) is 7.72. The van der Waals surface area contributed by atoms with Gasteiger partial charge in [-0.2, -0.15) is 0 Å². The summed E-state index contributed by atoms with van der Waals surface area (Å²) in [5.41, 5.74) is 0. The van der Waals surface area contributed by atoms with Crippen LogP contribution >= 0.6 is 11.3 Å². The fourth-order valence-corrected chi connectivity index (χ4v) is 1.51. The maximum absolute atomic E-state index is 9.25. The zero-order valence-corrected chi connectivity index (χ0v) is 6.51. The summed E-state index contributed by atoms with van der Waals surface area (Å²) in [7, 11) is 0. The molecule has 0 saturated carbocycles. The van der Waals surface area contributed by atoms with Crippen LogP contribution in [0.3, 0.4) is 0 Å². The zero-order chi connectivity index (χ0) is 7.56. The summed E-state index contributed by atoms with van der Waals surface area (Å²) in [5, 5.41) is 20.1. The quantitative estimate of drug-likeness (QED) is 0.678. The highest BCUT2D eigenvalue weighted by molar-refractivity contribution is 7.10. The average Bonchev–Trinajstić information content (AvgIpc) is 2.36. The third-order valence-electron chi connectivity index (χ3n) is 1.29. The second-order valence-electron chi connectivity index (χ2n) is 2.20. The first-order valence-corrected chi connectivity index (χ1v) is 3.99. The van der Waals surface area contributed by atoms with E-state index in [1.807, 2.05) is 17.5 Å². The molecule has 2 nitrogen and oxygen atoms in total. The van der Waals surface area contributed by atoms with E-state index in [0.29, 0.717) is 0 Å². The summed E-state index contributed by atoms with van der Waals surface area (Å²) in [6, 6.07) is 3.66. The van der Waals surface area contributed by atoms with E-state index >= 15 is 0 Å². The molecule has 0 aromatic carbocycles. The Bertz CT molecular complexity index is 181. The van der Waals surface area contributed by atoms with Crippen LogP contribution < -0.4 is 0 Å². The van der Waals surface area contributed by atoms with Crippen molar-refractivity contribution in [3.05, 3.63) is 22.4 Å². The van der Waals surface area contributed by atoms with Crippen molar-refractivity contribution in [2.75, 3.05) is 0 Å². The van der Waals surface area contributed by atoms with E-state index in [2.05, 4.69) is 0 Å². The van der Waals surface area contributed by atoms with E-state index in [-0.39, 0.29) is 0 Å². The maximum atomic E-state index is 9.25. The Kier molecular flexibility index (Phi) is 2.43. The van der Waals surface area contributed by atoms with Gasteiger partial charge in [0.25, 0.3) is 0 Å². The minimum absolute atomic E-state index is 0.682. The molecule has 0 amide bonds. The Labute approximate surface area is 63.8 Å². The van der Waals surface area contributed by atoms with Crippen LogP contribution in [0.4, 0.5) is 0 Å². The standard InChI is InChI=1S/C7H10O2S/c1-5(8)7(9)6-3-2-4-10-6/h2-5,7-9H,1H3/t5-,7-/m1/s1. The summed E-state index contributed by atoms with van der Waals surface area (Å²) < 4.78 is 0. The lowest BCUT2D eigenvalue weighted by Gasteiger charge is -2.10. The Hall–Kier alpha value is -0.380. The van der Waals surface area contributed by atoms with Gasteiger partial charge in [0.15, 0.2) is 0 Å². The number of hydrogen-bond acceptors (Lipinski definition) is 3. The van der Waals surface area contributed by atoms with E-state index in [4.69, 9.17) is 5.11 Å². The van der Waals surface area contributed by atoms with Crippen LogP contribution in [0.15, 0.2) is 17.5 Å². The molecule has 3 heteroatoms. The minimum atomic E-state index is -0.722. The molecule has 1 rings (SSSR count). The highest BCUT2D eigenvalue weighted by Gasteiger charge is 2.13. The van der Waals surface area contributed by atoms with Crippen LogP contribution in [0.25, 0.3) is 0 Å². The third-order valence-corrected chi connectivity index (χ3v) is 2.23. The van der Waals surface area contributed by atoms with Gasteiger partial charge in [0.2, 0.25) is 0 Å². The molecule has 0 radical (unpaired) electrons. The van der Waals surface area contributed by atoms with E-state index < -0.39 is 12.2 Å². The monoisotopic (exact) mass is 158 g/mol. The molecule has 0 unspecified atom stereocenters. The Balaban J connectivity index is 2.68. The first-order chi connectivity index (χ1) is 4.72. The molecule has 0 aliphatic heterocycles. The van der Waals surface area contributed by atoms with Gasteiger partial charge < -0.3 is 10.2 Å². The van der Waals surface area contributed by atoms with E-state index in [0.717, 1.165) is 4.88 Å². The maximum Gasteiger partial charge on any atom is 0.114 e. The van der Waals surface area contributed by atoms with Gasteiger partial charge in [0.1, 0.15) is 6.10 Å². The number of rotatable bonds is 2. The van der Waals surface area contributed by atoms with Crippen LogP contribution in [0.5, 0.6) is 0 Å². The molecule has 0 saturated heterocycles. The number of aliphatic hydroxyl groups excluding tert-OH is 2. The smallest absolute Gasteiger partial charge is 0.114 e. The van der Waals surface area contributed by atoms with Gasteiger partial charge in [0, 0.05) is 4.88 Å². The molecule has 0 fully saturated rings. The van der Waals surface area contributed by atoms with Crippen molar-refractivity contribution in [2.24, 2.45) is 0 Å². The van der Waals surface area contributed by atoms with E-state index in [1.165, 1.54) is 11.3 Å². The molecule has 0 aliphatic rings. The van der Waals surface area contributed by atoms with Crippen LogP contribution in [-0.4, -0.2) is 16.3 Å². The van der Waals surface area contributed by atoms with Crippen molar-refractivity contribution in [3.8, 4) is 0 Å². The van der Waals surface area contributed by atoms with Crippen molar-refractivity contribution < 1.29 is 10.2 Å². The van der Waals surface area contributed by atoms with E-state index in [9.17, 15) is 5.11 Å². The highest BCUT2D eigenvalue weighted by Crippen LogP contribution is 2.21. The Morgan fingerprint density at radius 1 is 1.50 bits per heavy atom. The van der Waals surface area contributed by atoms with Gasteiger partial charge in [-0.15, -0.1) is 11.3 Å². The van der Waals surface area contributed by atoms with Gasteiger partial charge in [0.05, 0.1) is 6.10 Å². The van der Waals surface area contributed by atoms with Crippen molar-refractivity contribution in [3.63, 3.8) is 0 Å². The van der Waals surface area contributed by atoms with Crippen molar-refractivity contribution in [1.82, 2.24) is 0 Å². The fourth-order valence-electron chi connectivity index (χ4n) is 0.697. The number of hydrogen-bond donors (Lipinski definition) is 2. The largest absolute Gasteiger partial charge is 0.390 e. The first-order valence-electron chi connectivity index (χ1n) is 3.11. The molecular formula is C7H10O2S. The molecule has 2 atom stereocenters. The normalized spacial score (nSPS) is 16.7. The Morgan fingerprint density at radius 2 is 2.20 bits per heavy atom. The lowest BCUT2D eigenvalue weighted by Crippen LogP contribution is -2.11. The summed E-state index contributed by atoms with van der Waals surface area (Å²) in [5.74, 6) is 0. The summed E-state index contributed by atoms with van der Waals surface area (Å²) in [6.07, 6.45) is -1.40. The number of aliphatic hydroxyl groups is 2. The van der Waals surface area contributed by atoms with Crippen LogP contribution in [-0.2, 0) is 0 Å². The van der Waals surface area contributed by atoms with Gasteiger partial charge in [-0.3, -0.25) is 0 Å². The van der Waals surface area contributed by atoms with E-state index in [1.54, 1.807) is 6.92 Å². The summed E-state index contributed by atoms with van der Waals surface area (Å²) >= 11 is 1.45. The third kappa shape index (κ3) is 1.56. The molecular weight excluding hydrogens is 148 g/mol. The van der Waals surface area contributed by atoms with Crippen LogP contribution in [0, 0.1) is 0 Å². The molecule has 1 aromatic heterocycles. The lowest BCUT2D eigenvalue weighted by molar-refractivity contribution is 0.0328. The Morgan fingerprint density at radius 3 is 2.60 bits per heavy atom. The molecule has 10 heavy (non-hydrogen) atoms. The molecule has 0 bridgehead atoms. The SMILES string of the molecule is C[C@@H](O)[C@@H](O)c1cccs1. The second-order valence-corrected chi connectivity index (χ2v) is 3.18. The van der Waals surface area contributed by atoms with Gasteiger partial charge in [-0.25, -0.2) is 0 Å². The molecule has 1 aromatic rings. The molecule has 56 valence electrons. The highest BCUT2D eigenvalue weighted by atomic mass is 32.1. The zero-order valence-electron chi connectivity index (χ0n) is 5.69. The second kappa shape index (κ2) is 3.14. The lowest BCUT2D eigenvalue weighted by atomic mass is 10.2. The van der Waals surface area contributed by atoms with Gasteiger partial charge in [-0.1, -0.05) is 6.07 Å². The predicted octanol–water partition coefficient (Wildman–Crippen LogP) is 1.16. The summed E-state index contributed by atoms with van der Waals surface area (Å²) in [4.78, 5) is 0.815. The molecule has 0 spiro atoms. The fraction of sp³-hybridized carbons (Fsp3) is 0.429. The topological polar surface area (TPSA) is 40.5 Å². The van der Waals surface area contributed by atoms with Crippen molar-refractivity contribution in [2.45, 2.75) is 19.1 Å². The van der Waals surface area contributed by atoms with Crippen LogP contribution in [0.2, 0.25) is 0 Å². The molecule has 0 aliphatic carbocycles. The van der Waals surface area contributed by atoms with Crippen molar-refractivity contribution in [1.29, 1.82) is 0 Å². The number of thiophene rings is 1. The van der Waals surface area contributed by atoms with Gasteiger partial charge in [-0.05, 0) is 18.4 Å². The summed E-state index contributed by atoms with van der Waals surface area (Å²) in [6.45, 7) is 1.57. The van der Waals surface area contributed by atoms with Crippen molar-refractivity contribution >= 4 is 11.3 Å². The van der Waals surface area contributed by atoms with Crippen LogP contribution in [0.1, 0.15) is 17.9 Å². The molecule has 2 N–H and O–H groups in total. The minimum Gasteiger partial charge on any atom is -0.390 e. The predicted molar refractivity (Wildman–Crippen MR) is 41.0 cm³/mol.